The van der Waals surface area contributed by atoms with Crippen LogP contribution in [0.15, 0.2) is 0 Å². The van der Waals surface area contributed by atoms with E-state index in [-0.39, 0.29) is 5.54 Å². The molecular formula is C15H28N2O. The van der Waals surface area contributed by atoms with Crippen molar-refractivity contribution in [3.63, 3.8) is 0 Å². The molecule has 1 saturated heterocycles. The average molecular weight is 252 g/mol. The highest BCUT2D eigenvalue weighted by Gasteiger charge is 2.49. The van der Waals surface area contributed by atoms with Crippen LogP contribution in [-0.4, -0.2) is 47.3 Å². The number of nitrogens with zero attached hydrogens (tertiary/aromatic N) is 1. The molecule has 3 rings (SSSR count). The lowest BCUT2D eigenvalue weighted by atomic mass is 9.91. The molecule has 0 radical (unpaired) electrons. The number of nitrogens with one attached hydrogen (secondary N) is 1. The van der Waals surface area contributed by atoms with Crippen molar-refractivity contribution >= 4 is 0 Å². The second-order valence-corrected chi connectivity index (χ2v) is 7.15. The lowest BCUT2D eigenvalue weighted by Crippen LogP contribution is -2.60. The molecule has 0 aromatic carbocycles. The van der Waals surface area contributed by atoms with Gasteiger partial charge in [-0.05, 0) is 43.9 Å². The molecule has 18 heavy (non-hydrogen) atoms. The molecule has 3 aliphatic rings. The van der Waals surface area contributed by atoms with Gasteiger partial charge in [0.2, 0.25) is 0 Å². The van der Waals surface area contributed by atoms with Crippen molar-refractivity contribution in [2.45, 2.75) is 63.6 Å². The van der Waals surface area contributed by atoms with Gasteiger partial charge in [0, 0.05) is 25.2 Å². The molecule has 0 amide bonds. The zero-order valence-electron chi connectivity index (χ0n) is 11.9. The van der Waals surface area contributed by atoms with Crippen LogP contribution in [0.25, 0.3) is 0 Å². The highest BCUT2D eigenvalue weighted by Crippen LogP contribution is 2.43. The van der Waals surface area contributed by atoms with Crippen molar-refractivity contribution < 1.29 is 5.11 Å². The molecule has 104 valence electrons. The summed E-state index contributed by atoms with van der Waals surface area (Å²) in [5.74, 6) is 1.65. The number of rotatable bonds is 6. The van der Waals surface area contributed by atoms with Crippen LogP contribution in [0, 0.1) is 11.8 Å². The van der Waals surface area contributed by atoms with Crippen LogP contribution in [0.3, 0.4) is 0 Å². The smallest absolute Gasteiger partial charge is 0.0628 e. The molecule has 3 fully saturated rings. The Kier molecular flexibility index (Phi) is 3.41. The summed E-state index contributed by atoms with van der Waals surface area (Å²) in [7, 11) is 0. The summed E-state index contributed by atoms with van der Waals surface area (Å²) in [6.07, 6.45) is 6.82. The van der Waals surface area contributed by atoms with Gasteiger partial charge < -0.3 is 10.4 Å². The molecule has 0 spiro atoms. The Morgan fingerprint density at radius 1 is 1.28 bits per heavy atom. The number of hydrogen-bond acceptors (Lipinski definition) is 3. The third-order valence-corrected chi connectivity index (χ3v) is 5.22. The normalized spacial score (nSPS) is 35.3. The van der Waals surface area contributed by atoms with Gasteiger partial charge in [-0.15, -0.1) is 0 Å². The van der Waals surface area contributed by atoms with Crippen molar-refractivity contribution in [2.75, 3.05) is 19.7 Å². The average Bonchev–Trinajstić information content (AvgIpc) is 3.00. The highest BCUT2D eigenvalue weighted by atomic mass is 16.3. The molecule has 2 saturated carbocycles. The molecule has 2 aliphatic carbocycles. The van der Waals surface area contributed by atoms with Crippen LogP contribution < -0.4 is 5.32 Å². The van der Waals surface area contributed by atoms with Gasteiger partial charge in [0.25, 0.3) is 0 Å². The third kappa shape index (κ3) is 2.33. The summed E-state index contributed by atoms with van der Waals surface area (Å²) in [6.45, 7) is 7.03. The van der Waals surface area contributed by atoms with Gasteiger partial charge in [-0.1, -0.05) is 13.8 Å². The van der Waals surface area contributed by atoms with Crippen molar-refractivity contribution in [1.29, 1.82) is 0 Å². The van der Waals surface area contributed by atoms with E-state index < -0.39 is 0 Å². The Morgan fingerprint density at radius 2 is 2.06 bits per heavy atom. The fourth-order valence-electron chi connectivity index (χ4n) is 4.31. The Balaban J connectivity index is 1.69. The first kappa shape index (κ1) is 12.9. The Labute approximate surface area is 111 Å². The van der Waals surface area contributed by atoms with Gasteiger partial charge in [-0.2, -0.15) is 0 Å². The van der Waals surface area contributed by atoms with E-state index in [2.05, 4.69) is 24.1 Å². The van der Waals surface area contributed by atoms with Crippen molar-refractivity contribution in [1.82, 2.24) is 10.2 Å². The number of hydrogen-bond donors (Lipinski definition) is 2. The second kappa shape index (κ2) is 4.77. The maximum atomic E-state index is 9.98. The van der Waals surface area contributed by atoms with Crippen LogP contribution >= 0.6 is 0 Å². The lowest BCUT2D eigenvalue weighted by molar-refractivity contribution is 0.0701. The Hall–Kier alpha value is -0.120. The van der Waals surface area contributed by atoms with Crippen LogP contribution in [0.2, 0.25) is 0 Å². The van der Waals surface area contributed by atoms with Gasteiger partial charge in [0.15, 0.2) is 0 Å². The van der Waals surface area contributed by atoms with E-state index in [1.165, 1.54) is 38.6 Å². The van der Waals surface area contributed by atoms with Crippen molar-refractivity contribution in [3.05, 3.63) is 0 Å². The maximum absolute atomic E-state index is 9.98. The second-order valence-electron chi connectivity index (χ2n) is 7.15. The van der Waals surface area contributed by atoms with E-state index in [0.717, 1.165) is 18.5 Å². The SMILES string of the molecule is CC(C)NC(CO)(CN1CC2CCC1C2)C1CC1. The summed E-state index contributed by atoms with van der Waals surface area (Å²) in [6, 6.07) is 1.27. The lowest BCUT2D eigenvalue weighted by Gasteiger charge is -2.41. The first-order chi connectivity index (χ1) is 8.63. The third-order valence-electron chi connectivity index (χ3n) is 5.22. The minimum Gasteiger partial charge on any atom is -0.394 e. The first-order valence-corrected chi connectivity index (χ1v) is 7.75. The molecule has 2 bridgehead atoms. The van der Waals surface area contributed by atoms with E-state index in [0.29, 0.717) is 18.6 Å². The first-order valence-electron chi connectivity index (χ1n) is 7.75. The van der Waals surface area contributed by atoms with Gasteiger partial charge >= 0.3 is 0 Å². The molecule has 3 nitrogen and oxygen atoms in total. The molecular weight excluding hydrogens is 224 g/mol. The van der Waals surface area contributed by atoms with Gasteiger partial charge in [0.05, 0.1) is 12.1 Å². The van der Waals surface area contributed by atoms with Crippen molar-refractivity contribution in [3.8, 4) is 0 Å². The quantitative estimate of drug-likeness (QED) is 0.754. The Bertz CT molecular complexity index is 303. The maximum Gasteiger partial charge on any atom is 0.0628 e. The number of piperidine rings is 1. The Morgan fingerprint density at radius 3 is 2.50 bits per heavy atom. The summed E-state index contributed by atoms with van der Waals surface area (Å²) in [5, 5.41) is 13.7. The molecule has 2 N–H and O–H groups in total. The van der Waals surface area contributed by atoms with Crippen LogP contribution in [-0.2, 0) is 0 Å². The van der Waals surface area contributed by atoms with Gasteiger partial charge in [-0.3, -0.25) is 4.90 Å². The largest absolute Gasteiger partial charge is 0.394 e. The predicted octanol–water partition coefficient (Wildman–Crippen LogP) is 1.61. The number of fused-ring (bicyclic) bond motifs is 2. The van der Waals surface area contributed by atoms with E-state index in [1.807, 2.05) is 0 Å². The molecule has 0 aromatic heterocycles. The zero-order chi connectivity index (χ0) is 12.8. The number of aliphatic hydroxyl groups is 1. The summed E-state index contributed by atoms with van der Waals surface area (Å²) in [4.78, 5) is 2.66. The fraction of sp³-hybridized carbons (Fsp3) is 1.00. The van der Waals surface area contributed by atoms with Crippen LogP contribution in [0.5, 0.6) is 0 Å². The predicted molar refractivity (Wildman–Crippen MR) is 73.5 cm³/mol. The minimum atomic E-state index is -0.0291. The zero-order valence-corrected chi connectivity index (χ0v) is 11.9. The van der Waals surface area contributed by atoms with E-state index in [4.69, 9.17) is 0 Å². The van der Waals surface area contributed by atoms with E-state index in [1.54, 1.807) is 0 Å². The van der Waals surface area contributed by atoms with E-state index >= 15 is 0 Å². The minimum absolute atomic E-state index is 0.0291. The monoisotopic (exact) mass is 252 g/mol. The summed E-state index contributed by atoms with van der Waals surface area (Å²) >= 11 is 0. The summed E-state index contributed by atoms with van der Waals surface area (Å²) < 4.78 is 0. The number of likely N-dealkylation sites (tertiary alicyclic amines) is 1. The van der Waals surface area contributed by atoms with Crippen LogP contribution in [0.1, 0.15) is 46.0 Å². The molecule has 3 unspecified atom stereocenters. The summed E-state index contributed by atoms with van der Waals surface area (Å²) in [5.41, 5.74) is -0.0291. The highest BCUT2D eigenvalue weighted by molar-refractivity contribution is 5.06. The molecule has 3 atom stereocenters. The van der Waals surface area contributed by atoms with E-state index in [9.17, 15) is 5.11 Å². The van der Waals surface area contributed by atoms with Gasteiger partial charge in [0.1, 0.15) is 0 Å². The number of aliphatic hydroxyl groups excluding tert-OH is 1. The molecule has 1 aliphatic heterocycles. The fourth-order valence-corrected chi connectivity index (χ4v) is 4.31. The molecule has 0 aromatic rings. The van der Waals surface area contributed by atoms with Crippen molar-refractivity contribution in [2.24, 2.45) is 11.8 Å². The van der Waals surface area contributed by atoms with Crippen LogP contribution in [0.4, 0.5) is 0 Å². The molecule has 3 heteroatoms. The molecule has 1 heterocycles. The topological polar surface area (TPSA) is 35.5 Å². The van der Waals surface area contributed by atoms with Gasteiger partial charge in [-0.25, -0.2) is 0 Å². The standard InChI is InChI=1S/C15H28N2O/c1-11(2)16-15(10-18,13-4-5-13)9-17-8-12-3-6-14(17)7-12/h11-14,16,18H,3-10H2,1-2H3.